The zero-order valence-corrected chi connectivity index (χ0v) is 10.6. The summed E-state index contributed by atoms with van der Waals surface area (Å²) >= 11 is 0. The Morgan fingerprint density at radius 3 is 2.20 bits per heavy atom. The van der Waals surface area contributed by atoms with Gasteiger partial charge in [-0.25, -0.2) is 0 Å². The van der Waals surface area contributed by atoms with E-state index in [9.17, 15) is 0 Å². The van der Waals surface area contributed by atoms with E-state index in [2.05, 4.69) is 27.7 Å². The Labute approximate surface area is 93.8 Å². The van der Waals surface area contributed by atoms with Gasteiger partial charge in [0.1, 0.15) is 0 Å². The zero-order valence-electron chi connectivity index (χ0n) is 10.6. The molecule has 0 rings (SSSR count). The molecule has 92 valence electrons. The minimum Gasteiger partial charge on any atom is -0.394 e. The molecule has 0 spiro atoms. The number of aliphatic hydroxyl groups excluding tert-OH is 1. The minimum absolute atomic E-state index is 0.0822. The molecule has 0 fully saturated rings. The van der Waals surface area contributed by atoms with Crippen LogP contribution in [0.2, 0.25) is 0 Å². The third-order valence-corrected chi connectivity index (χ3v) is 2.06. The van der Waals surface area contributed by atoms with Gasteiger partial charge in [-0.15, -0.1) is 0 Å². The molecule has 0 atom stereocenters. The fourth-order valence-electron chi connectivity index (χ4n) is 1.80. The first-order chi connectivity index (χ1) is 6.98. The van der Waals surface area contributed by atoms with E-state index < -0.39 is 0 Å². The molecule has 0 radical (unpaired) electrons. The lowest BCUT2D eigenvalue weighted by Gasteiger charge is -2.26. The molecule has 3 nitrogen and oxygen atoms in total. The predicted molar refractivity (Wildman–Crippen MR) is 62.0 cm³/mol. The summed E-state index contributed by atoms with van der Waals surface area (Å²) in [6.07, 6.45) is 1.17. The molecule has 15 heavy (non-hydrogen) atoms. The zero-order chi connectivity index (χ0) is 11.7. The molecule has 0 amide bonds. The van der Waals surface area contributed by atoms with Crippen molar-refractivity contribution < 1.29 is 14.6 Å². The fraction of sp³-hybridized carbons (Fsp3) is 1.00. The van der Waals surface area contributed by atoms with Crippen LogP contribution in [-0.4, -0.2) is 38.1 Å². The van der Waals surface area contributed by atoms with E-state index in [-0.39, 0.29) is 12.0 Å². The Hall–Kier alpha value is -0.120. The SMILES string of the molecule is CC(C)CC(C)(C)COCCOCCO. The first kappa shape index (κ1) is 14.9. The Bertz CT molecular complexity index is 144. The number of rotatable bonds is 9. The molecule has 0 aliphatic heterocycles. The Kier molecular flexibility index (Phi) is 8.02. The summed E-state index contributed by atoms with van der Waals surface area (Å²) in [6.45, 7) is 11.3. The highest BCUT2D eigenvalue weighted by molar-refractivity contribution is 4.69. The van der Waals surface area contributed by atoms with Crippen LogP contribution in [0.1, 0.15) is 34.1 Å². The monoisotopic (exact) mass is 218 g/mol. The lowest BCUT2D eigenvalue weighted by Crippen LogP contribution is -2.22. The van der Waals surface area contributed by atoms with Crippen LogP contribution in [0, 0.1) is 11.3 Å². The van der Waals surface area contributed by atoms with Crippen molar-refractivity contribution in [3.8, 4) is 0 Å². The molecule has 0 aromatic heterocycles. The number of ether oxygens (including phenoxy) is 2. The van der Waals surface area contributed by atoms with E-state index in [0.717, 1.165) is 6.61 Å². The third-order valence-electron chi connectivity index (χ3n) is 2.06. The Morgan fingerprint density at radius 2 is 1.67 bits per heavy atom. The van der Waals surface area contributed by atoms with Gasteiger partial charge in [0.25, 0.3) is 0 Å². The second-order valence-electron chi connectivity index (χ2n) is 5.15. The van der Waals surface area contributed by atoms with Gasteiger partial charge in [-0.2, -0.15) is 0 Å². The molecule has 0 bridgehead atoms. The summed E-state index contributed by atoms with van der Waals surface area (Å²) in [5, 5.41) is 8.49. The van der Waals surface area contributed by atoms with Crippen LogP contribution in [0.3, 0.4) is 0 Å². The van der Waals surface area contributed by atoms with Crippen molar-refractivity contribution in [2.24, 2.45) is 11.3 Å². The van der Waals surface area contributed by atoms with Gasteiger partial charge in [0.05, 0.1) is 33.0 Å². The normalized spacial score (nSPS) is 12.4. The molecule has 0 aromatic rings. The maximum absolute atomic E-state index is 8.49. The maximum atomic E-state index is 8.49. The highest BCUT2D eigenvalue weighted by Gasteiger charge is 2.19. The van der Waals surface area contributed by atoms with Gasteiger partial charge in [-0.1, -0.05) is 27.7 Å². The van der Waals surface area contributed by atoms with Gasteiger partial charge in [0, 0.05) is 0 Å². The molecule has 0 unspecified atom stereocenters. The van der Waals surface area contributed by atoms with Crippen molar-refractivity contribution in [3.63, 3.8) is 0 Å². The van der Waals surface area contributed by atoms with Crippen molar-refractivity contribution in [2.45, 2.75) is 34.1 Å². The minimum atomic E-state index is 0.0822. The number of hydrogen-bond donors (Lipinski definition) is 1. The van der Waals surface area contributed by atoms with E-state index >= 15 is 0 Å². The van der Waals surface area contributed by atoms with Crippen molar-refractivity contribution in [1.29, 1.82) is 0 Å². The number of hydrogen-bond acceptors (Lipinski definition) is 3. The quantitative estimate of drug-likeness (QED) is 0.602. The molecule has 1 N–H and O–H groups in total. The van der Waals surface area contributed by atoms with Crippen LogP contribution < -0.4 is 0 Å². The van der Waals surface area contributed by atoms with E-state index in [1.54, 1.807) is 0 Å². The molecule has 0 saturated carbocycles. The molecular weight excluding hydrogens is 192 g/mol. The molecule has 3 heteroatoms. The molecular formula is C12H26O3. The van der Waals surface area contributed by atoms with Crippen LogP contribution in [0.15, 0.2) is 0 Å². The van der Waals surface area contributed by atoms with Gasteiger partial charge in [0.15, 0.2) is 0 Å². The average Bonchev–Trinajstić information content (AvgIpc) is 2.08. The van der Waals surface area contributed by atoms with Gasteiger partial charge in [0.2, 0.25) is 0 Å². The molecule has 0 aromatic carbocycles. The summed E-state index contributed by atoms with van der Waals surface area (Å²) in [5.41, 5.74) is 0.241. The van der Waals surface area contributed by atoms with Crippen LogP contribution in [-0.2, 0) is 9.47 Å². The van der Waals surface area contributed by atoms with Crippen molar-refractivity contribution in [2.75, 3.05) is 33.0 Å². The highest BCUT2D eigenvalue weighted by Crippen LogP contribution is 2.25. The first-order valence-electron chi connectivity index (χ1n) is 5.74. The van der Waals surface area contributed by atoms with Gasteiger partial charge in [-0.3, -0.25) is 0 Å². The van der Waals surface area contributed by atoms with E-state index in [1.165, 1.54) is 6.42 Å². The van der Waals surface area contributed by atoms with Crippen molar-refractivity contribution in [1.82, 2.24) is 0 Å². The van der Waals surface area contributed by atoms with Gasteiger partial charge >= 0.3 is 0 Å². The molecule has 0 heterocycles. The highest BCUT2D eigenvalue weighted by atomic mass is 16.5. The lowest BCUT2D eigenvalue weighted by molar-refractivity contribution is 0.00223. The second-order valence-corrected chi connectivity index (χ2v) is 5.15. The van der Waals surface area contributed by atoms with Crippen LogP contribution in [0.25, 0.3) is 0 Å². The standard InChI is InChI=1S/C12H26O3/c1-11(2)9-12(3,4)10-15-8-7-14-6-5-13/h11,13H,5-10H2,1-4H3. The molecule has 0 aliphatic rings. The van der Waals surface area contributed by atoms with Crippen LogP contribution in [0.4, 0.5) is 0 Å². The smallest absolute Gasteiger partial charge is 0.0701 e. The van der Waals surface area contributed by atoms with E-state index in [0.29, 0.717) is 25.7 Å². The van der Waals surface area contributed by atoms with E-state index in [1.807, 2.05) is 0 Å². The predicted octanol–water partition coefficient (Wildman–Crippen LogP) is 2.08. The maximum Gasteiger partial charge on any atom is 0.0701 e. The third kappa shape index (κ3) is 10.2. The molecule has 0 aliphatic carbocycles. The molecule has 0 saturated heterocycles. The summed E-state index contributed by atoms with van der Waals surface area (Å²) in [5.74, 6) is 0.703. The summed E-state index contributed by atoms with van der Waals surface area (Å²) in [7, 11) is 0. The number of aliphatic hydroxyl groups is 1. The van der Waals surface area contributed by atoms with E-state index in [4.69, 9.17) is 14.6 Å². The topological polar surface area (TPSA) is 38.7 Å². The summed E-state index contributed by atoms with van der Waals surface area (Å²) < 4.78 is 10.6. The van der Waals surface area contributed by atoms with Crippen molar-refractivity contribution >= 4 is 0 Å². The second kappa shape index (κ2) is 8.08. The van der Waals surface area contributed by atoms with Crippen LogP contribution in [0.5, 0.6) is 0 Å². The Balaban J connectivity index is 3.40. The first-order valence-corrected chi connectivity index (χ1v) is 5.74. The summed E-state index contributed by atoms with van der Waals surface area (Å²) in [4.78, 5) is 0. The van der Waals surface area contributed by atoms with Gasteiger partial charge in [-0.05, 0) is 17.8 Å². The lowest BCUT2D eigenvalue weighted by atomic mass is 9.85. The van der Waals surface area contributed by atoms with Gasteiger partial charge < -0.3 is 14.6 Å². The van der Waals surface area contributed by atoms with Crippen LogP contribution >= 0.6 is 0 Å². The van der Waals surface area contributed by atoms with Crippen molar-refractivity contribution in [3.05, 3.63) is 0 Å². The fourth-order valence-corrected chi connectivity index (χ4v) is 1.80. The largest absolute Gasteiger partial charge is 0.394 e. The summed E-state index contributed by atoms with van der Waals surface area (Å²) in [6, 6.07) is 0. The Morgan fingerprint density at radius 1 is 1.07 bits per heavy atom. The average molecular weight is 218 g/mol.